The van der Waals surface area contributed by atoms with E-state index in [1.54, 1.807) is 0 Å². The van der Waals surface area contributed by atoms with Crippen molar-refractivity contribution >= 4 is 21.4 Å². The fraction of sp³-hybridized carbons (Fsp3) is 0.333. The van der Waals surface area contributed by atoms with E-state index in [0.717, 1.165) is 29.1 Å². The lowest BCUT2D eigenvalue weighted by atomic mass is 10.2. The number of likely N-dealkylation sites (N-methyl/N-ethyl adjacent to an activating group) is 1. The number of alkyl halides is 3. The molecule has 1 aromatic carbocycles. The van der Waals surface area contributed by atoms with Gasteiger partial charge in [-0.05, 0) is 49.8 Å². The number of ether oxygens (including phenoxy) is 1. The quantitative estimate of drug-likeness (QED) is 0.783. The van der Waals surface area contributed by atoms with Crippen LogP contribution in [0.2, 0.25) is 0 Å². The average molecular weight is 394 g/mol. The molecule has 0 aliphatic heterocycles. The Hall–Kier alpha value is -1.62. The molecule has 0 amide bonds. The third-order valence-corrected chi connectivity index (χ3v) is 5.74. The number of halogens is 3. The molecule has 0 bridgehead atoms. The van der Waals surface area contributed by atoms with Crippen LogP contribution in [-0.2, 0) is 10.0 Å². The molecule has 1 N–H and O–H groups in total. The summed E-state index contributed by atoms with van der Waals surface area (Å²) in [5.74, 6) is -0.476. The third-order valence-electron chi connectivity index (χ3n) is 3.33. The Morgan fingerprint density at radius 3 is 2.32 bits per heavy atom. The predicted octanol–water partition coefficient (Wildman–Crippen LogP) is 3.23. The second-order valence-corrected chi connectivity index (χ2v) is 8.11. The number of sulfonamides is 1. The molecule has 25 heavy (non-hydrogen) atoms. The zero-order valence-corrected chi connectivity index (χ0v) is 15.1. The summed E-state index contributed by atoms with van der Waals surface area (Å²) in [5, 5.41) is 1.90. The Morgan fingerprint density at radius 1 is 1.20 bits per heavy atom. The van der Waals surface area contributed by atoms with Gasteiger partial charge in [-0.3, -0.25) is 0 Å². The molecule has 5 nitrogen and oxygen atoms in total. The first kappa shape index (κ1) is 19.7. The molecule has 0 aliphatic carbocycles. The molecule has 2 rings (SSSR count). The zero-order chi connectivity index (χ0) is 18.7. The fourth-order valence-electron chi connectivity index (χ4n) is 2.11. The van der Waals surface area contributed by atoms with E-state index >= 15 is 0 Å². The van der Waals surface area contributed by atoms with Crippen molar-refractivity contribution in [2.45, 2.75) is 17.3 Å². The molecule has 138 valence electrons. The molecule has 1 aromatic heterocycles. The highest BCUT2D eigenvalue weighted by Crippen LogP contribution is 2.25. The third kappa shape index (κ3) is 5.70. The first-order chi connectivity index (χ1) is 11.6. The molecule has 2 aromatic rings. The number of thiophene rings is 1. The van der Waals surface area contributed by atoms with Crippen molar-refractivity contribution in [1.82, 2.24) is 9.62 Å². The van der Waals surface area contributed by atoms with Crippen molar-refractivity contribution in [3.8, 4) is 5.75 Å². The van der Waals surface area contributed by atoms with Crippen molar-refractivity contribution < 1.29 is 26.3 Å². The van der Waals surface area contributed by atoms with E-state index in [2.05, 4.69) is 9.46 Å². The minimum Gasteiger partial charge on any atom is -0.406 e. The second-order valence-electron chi connectivity index (χ2n) is 5.37. The van der Waals surface area contributed by atoms with Gasteiger partial charge in [0.05, 0.1) is 10.9 Å². The fourth-order valence-corrected chi connectivity index (χ4v) is 4.07. The van der Waals surface area contributed by atoms with Gasteiger partial charge in [-0.15, -0.1) is 24.5 Å². The van der Waals surface area contributed by atoms with E-state index in [4.69, 9.17) is 0 Å². The van der Waals surface area contributed by atoms with Crippen molar-refractivity contribution in [3.63, 3.8) is 0 Å². The van der Waals surface area contributed by atoms with Crippen molar-refractivity contribution in [3.05, 3.63) is 46.7 Å². The highest BCUT2D eigenvalue weighted by Gasteiger charge is 2.31. The van der Waals surface area contributed by atoms with Crippen LogP contribution in [0.4, 0.5) is 13.2 Å². The van der Waals surface area contributed by atoms with E-state index in [9.17, 15) is 21.6 Å². The van der Waals surface area contributed by atoms with Gasteiger partial charge in [0.1, 0.15) is 5.75 Å². The molecule has 0 saturated heterocycles. The van der Waals surface area contributed by atoms with Crippen molar-refractivity contribution in [2.75, 3.05) is 20.6 Å². The normalized spacial score (nSPS) is 13.8. The van der Waals surface area contributed by atoms with Crippen LogP contribution >= 0.6 is 11.3 Å². The van der Waals surface area contributed by atoms with Crippen LogP contribution < -0.4 is 9.46 Å². The minimum absolute atomic E-state index is 0.134. The second kappa shape index (κ2) is 7.73. The van der Waals surface area contributed by atoms with Gasteiger partial charge >= 0.3 is 6.36 Å². The summed E-state index contributed by atoms with van der Waals surface area (Å²) in [5.41, 5.74) is 0. The molecule has 10 heteroatoms. The van der Waals surface area contributed by atoms with Gasteiger partial charge in [-0.1, -0.05) is 6.07 Å². The lowest BCUT2D eigenvalue weighted by molar-refractivity contribution is -0.274. The van der Waals surface area contributed by atoms with Crippen LogP contribution in [0.3, 0.4) is 0 Å². The molecule has 0 spiro atoms. The van der Waals surface area contributed by atoms with Crippen LogP contribution in [0.1, 0.15) is 10.9 Å². The van der Waals surface area contributed by atoms with Gasteiger partial charge in [0, 0.05) is 11.4 Å². The van der Waals surface area contributed by atoms with Crippen LogP contribution in [-0.4, -0.2) is 40.3 Å². The van der Waals surface area contributed by atoms with E-state index < -0.39 is 22.1 Å². The number of rotatable bonds is 7. The van der Waals surface area contributed by atoms with Gasteiger partial charge in [0.15, 0.2) is 0 Å². The lowest BCUT2D eigenvalue weighted by Gasteiger charge is -2.23. The summed E-state index contributed by atoms with van der Waals surface area (Å²) < 4.78 is 67.3. The van der Waals surface area contributed by atoms with Crippen LogP contribution in [0.15, 0.2) is 46.7 Å². The smallest absolute Gasteiger partial charge is 0.406 e. The Balaban J connectivity index is 2.08. The monoisotopic (exact) mass is 394 g/mol. The Kier molecular flexibility index (Phi) is 6.09. The van der Waals surface area contributed by atoms with Crippen LogP contribution in [0.5, 0.6) is 5.75 Å². The van der Waals surface area contributed by atoms with Crippen molar-refractivity contribution in [2.24, 2.45) is 0 Å². The molecule has 1 unspecified atom stereocenters. The highest BCUT2D eigenvalue weighted by molar-refractivity contribution is 7.89. The van der Waals surface area contributed by atoms with Gasteiger partial charge in [0.25, 0.3) is 0 Å². The number of hydrogen-bond acceptors (Lipinski definition) is 5. The molecule has 1 atom stereocenters. The van der Waals surface area contributed by atoms with Crippen LogP contribution in [0, 0.1) is 0 Å². The molecular formula is C15H17F3N2O3S2. The summed E-state index contributed by atoms with van der Waals surface area (Å²) in [6, 6.07) is 7.70. The van der Waals surface area contributed by atoms with Gasteiger partial charge in [-0.2, -0.15) is 0 Å². The Morgan fingerprint density at radius 2 is 1.84 bits per heavy atom. The maximum absolute atomic E-state index is 12.3. The van der Waals surface area contributed by atoms with Gasteiger partial charge < -0.3 is 9.64 Å². The highest BCUT2D eigenvalue weighted by atomic mass is 32.2. The first-order valence-corrected chi connectivity index (χ1v) is 9.50. The largest absolute Gasteiger partial charge is 0.573 e. The summed E-state index contributed by atoms with van der Waals surface area (Å²) in [7, 11) is -0.179. The van der Waals surface area contributed by atoms with E-state index in [1.165, 1.54) is 11.3 Å². The van der Waals surface area contributed by atoms with E-state index in [1.807, 2.05) is 36.5 Å². The SMILES string of the molecule is CN(C)C(CNS(=O)(=O)c1ccc(OC(F)(F)F)cc1)c1cccs1. The average Bonchev–Trinajstić information content (AvgIpc) is 3.00. The standard InChI is InChI=1S/C15H17F3N2O3S2/c1-20(2)13(14-4-3-9-24-14)10-19-25(21,22)12-7-5-11(6-8-12)23-15(16,17)18/h3-9,13,19H,10H2,1-2H3. The van der Waals surface area contributed by atoms with E-state index in [0.29, 0.717) is 0 Å². The summed E-state index contributed by atoms with van der Waals surface area (Å²) in [4.78, 5) is 2.75. The Bertz CT molecular complexity index is 773. The van der Waals surface area contributed by atoms with E-state index in [-0.39, 0.29) is 17.5 Å². The first-order valence-electron chi connectivity index (χ1n) is 7.14. The number of nitrogens with one attached hydrogen (secondary N) is 1. The zero-order valence-electron chi connectivity index (χ0n) is 13.4. The van der Waals surface area contributed by atoms with Crippen LogP contribution in [0.25, 0.3) is 0 Å². The number of hydrogen-bond donors (Lipinski definition) is 1. The molecule has 0 radical (unpaired) electrons. The summed E-state index contributed by atoms with van der Waals surface area (Å²) >= 11 is 1.51. The maximum Gasteiger partial charge on any atom is 0.573 e. The number of benzene rings is 1. The van der Waals surface area contributed by atoms with Gasteiger partial charge in [-0.25, -0.2) is 13.1 Å². The Labute approximate surface area is 148 Å². The minimum atomic E-state index is -4.82. The summed E-state index contributed by atoms with van der Waals surface area (Å²) in [6.07, 6.45) is -4.82. The lowest BCUT2D eigenvalue weighted by Crippen LogP contribution is -2.34. The molecule has 0 aliphatic rings. The number of nitrogens with zero attached hydrogens (tertiary/aromatic N) is 1. The predicted molar refractivity (Wildman–Crippen MR) is 89.1 cm³/mol. The topological polar surface area (TPSA) is 58.6 Å². The maximum atomic E-state index is 12.3. The molecule has 0 fully saturated rings. The van der Waals surface area contributed by atoms with Crippen molar-refractivity contribution in [1.29, 1.82) is 0 Å². The molecule has 0 saturated carbocycles. The van der Waals surface area contributed by atoms with Gasteiger partial charge in [0.2, 0.25) is 10.0 Å². The molecule has 1 heterocycles. The molecular weight excluding hydrogens is 377 g/mol. The summed E-state index contributed by atoms with van der Waals surface area (Å²) in [6.45, 7) is 0.136.